The lowest BCUT2D eigenvalue weighted by atomic mass is 9.52. The summed E-state index contributed by atoms with van der Waals surface area (Å²) in [5, 5.41) is 12.4. The lowest BCUT2D eigenvalue weighted by Gasteiger charge is -2.61. The van der Waals surface area contributed by atoms with Gasteiger partial charge in [-0.05, 0) is 76.4 Å². The van der Waals surface area contributed by atoms with Gasteiger partial charge in [0.15, 0.2) is 0 Å². The molecule has 2 saturated heterocycles. The molecule has 8 nitrogen and oxygen atoms in total. The van der Waals surface area contributed by atoms with Crippen molar-refractivity contribution in [2.24, 2.45) is 5.73 Å². The first kappa shape index (κ1) is 22.7. The van der Waals surface area contributed by atoms with E-state index in [0.29, 0.717) is 44.3 Å². The fourth-order valence-corrected chi connectivity index (χ4v) is 6.29. The molecule has 1 aromatic rings. The van der Waals surface area contributed by atoms with E-state index in [0.717, 1.165) is 17.7 Å². The molecule has 4 rings (SSSR count). The zero-order valence-corrected chi connectivity index (χ0v) is 19.3. The largest absolute Gasteiger partial charge is 0.387 e. The summed E-state index contributed by atoms with van der Waals surface area (Å²) in [6.07, 6.45) is 2.36. The molecule has 0 aromatic heterocycles. The Balaban J connectivity index is 1.91. The van der Waals surface area contributed by atoms with Crippen molar-refractivity contribution in [1.82, 2.24) is 14.7 Å². The SMILES string of the molecule is CCN1CCC[C@@]2(O)[C@H]3Cc4ccc(C(N)=O)cc4[C@@]2(CCN3C)CC(=O)N(CC)C1=O. The van der Waals surface area contributed by atoms with Crippen LogP contribution in [-0.4, -0.2) is 82.5 Å². The Bertz CT molecular complexity index is 950. The van der Waals surface area contributed by atoms with Gasteiger partial charge in [0.1, 0.15) is 0 Å². The van der Waals surface area contributed by atoms with E-state index in [1.54, 1.807) is 24.0 Å². The van der Waals surface area contributed by atoms with E-state index in [1.165, 1.54) is 4.90 Å². The van der Waals surface area contributed by atoms with Gasteiger partial charge in [-0.3, -0.25) is 14.5 Å². The number of hydrogen-bond acceptors (Lipinski definition) is 5. The molecule has 4 amide bonds. The predicted molar refractivity (Wildman–Crippen MR) is 120 cm³/mol. The Morgan fingerprint density at radius 2 is 1.94 bits per heavy atom. The van der Waals surface area contributed by atoms with Gasteiger partial charge < -0.3 is 20.6 Å². The van der Waals surface area contributed by atoms with Crippen LogP contribution in [0.2, 0.25) is 0 Å². The molecule has 174 valence electrons. The number of fused-ring (bicyclic) bond motifs is 1. The molecular formula is C24H34N4O4. The number of imide groups is 1. The molecule has 0 unspecified atom stereocenters. The van der Waals surface area contributed by atoms with Crippen LogP contribution >= 0.6 is 0 Å². The van der Waals surface area contributed by atoms with Crippen LogP contribution in [0.4, 0.5) is 4.79 Å². The molecule has 3 N–H and O–H groups in total. The Kier molecular flexibility index (Phi) is 5.79. The van der Waals surface area contributed by atoms with Gasteiger partial charge in [-0.25, -0.2) is 4.79 Å². The Labute approximate surface area is 189 Å². The lowest BCUT2D eigenvalue weighted by Crippen LogP contribution is -2.72. The first-order valence-corrected chi connectivity index (χ1v) is 11.6. The van der Waals surface area contributed by atoms with E-state index in [-0.39, 0.29) is 30.9 Å². The topological polar surface area (TPSA) is 107 Å². The van der Waals surface area contributed by atoms with Crippen molar-refractivity contribution >= 4 is 17.8 Å². The summed E-state index contributed by atoms with van der Waals surface area (Å²) in [6.45, 7) is 5.71. The van der Waals surface area contributed by atoms with Crippen molar-refractivity contribution in [2.75, 3.05) is 33.2 Å². The predicted octanol–water partition coefficient (Wildman–Crippen LogP) is 1.49. The van der Waals surface area contributed by atoms with E-state index < -0.39 is 16.9 Å². The maximum Gasteiger partial charge on any atom is 0.326 e. The third kappa shape index (κ3) is 3.23. The summed E-state index contributed by atoms with van der Waals surface area (Å²) in [6, 6.07) is 5.00. The van der Waals surface area contributed by atoms with Crippen LogP contribution in [0, 0.1) is 0 Å². The molecule has 3 aliphatic rings. The highest BCUT2D eigenvalue weighted by molar-refractivity contribution is 5.96. The van der Waals surface area contributed by atoms with E-state index >= 15 is 0 Å². The van der Waals surface area contributed by atoms with Gasteiger partial charge in [0.2, 0.25) is 11.8 Å². The second kappa shape index (κ2) is 8.15. The highest BCUT2D eigenvalue weighted by Gasteiger charge is 2.63. The van der Waals surface area contributed by atoms with Gasteiger partial charge >= 0.3 is 6.03 Å². The molecule has 8 heteroatoms. The monoisotopic (exact) mass is 442 g/mol. The minimum absolute atomic E-state index is 0.0280. The number of likely N-dealkylation sites (tertiary alicyclic amines) is 1. The zero-order chi connectivity index (χ0) is 23.3. The van der Waals surface area contributed by atoms with Crippen molar-refractivity contribution in [3.63, 3.8) is 0 Å². The third-order valence-corrected chi connectivity index (χ3v) is 8.07. The molecule has 1 aliphatic carbocycles. The van der Waals surface area contributed by atoms with Gasteiger partial charge in [-0.1, -0.05) is 6.07 Å². The van der Waals surface area contributed by atoms with Crippen molar-refractivity contribution in [2.45, 2.75) is 63.0 Å². The summed E-state index contributed by atoms with van der Waals surface area (Å²) < 4.78 is 0. The molecule has 1 aromatic carbocycles. The standard InChI is InChI=1S/C24H34N4O4/c1-4-27-11-6-9-24(32)19-14-16-7-8-17(21(25)30)13-18(16)23(24,10-12-26(19)3)15-20(29)28(5-2)22(27)31/h7-8,13,19,32H,4-6,9-12,14-15H2,1-3H3,(H2,25,30)/t19-,23-,24-/m1/s1. The maximum absolute atomic E-state index is 13.6. The van der Waals surface area contributed by atoms with Crippen LogP contribution in [0.25, 0.3) is 0 Å². The number of carbonyl (C=O) groups excluding carboxylic acids is 3. The highest BCUT2D eigenvalue weighted by atomic mass is 16.3. The number of benzene rings is 1. The Morgan fingerprint density at radius 1 is 1.19 bits per heavy atom. The molecule has 2 bridgehead atoms. The smallest absolute Gasteiger partial charge is 0.326 e. The van der Waals surface area contributed by atoms with Crippen LogP contribution in [0.5, 0.6) is 0 Å². The van der Waals surface area contributed by atoms with Crippen LogP contribution < -0.4 is 5.73 Å². The van der Waals surface area contributed by atoms with Crippen molar-refractivity contribution < 1.29 is 19.5 Å². The number of likely N-dealkylation sites (N-methyl/N-ethyl adjacent to an activating group) is 1. The number of nitrogens with two attached hydrogens (primary N) is 1. The number of urea groups is 1. The number of rotatable bonds is 3. The molecule has 2 heterocycles. The van der Waals surface area contributed by atoms with Crippen LogP contribution in [-0.2, 0) is 16.6 Å². The fraction of sp³-hybridized carbons (Fsp3) is 0.625. The Morgan fingerprint density at radius 3 is 2.59 bits per heavy atom. The van der Waals surface area contributed by atoms with E-state index in [9.17, 15) is 19.5 Å². The minimum atomic E-state index is -1.15. The Hall–Kier alpha value is -2.45. The van der Waals surface area contributed by atoms with Crippen molar-refractivity contribution in [3.05, 3.63) is 34.9 Å². The average molecular weight is 443 g/mol. The first-order valence-electron chi connectivity index (χ1n) is 11.6. The van der Waals surface area contributed by atoms with Crippen LogP contribution in [0.3, 0.4) is 0 Å². The number of hydrogen-bond donors (Lipinski definition) is 2. The van der Waals surface area contributed by atoms with Gasteiger partial charge in [0.05, 0.1) is 5.60 Å². The quantitative estimate of drug-likeness (QED) is 0.738. The minimum Gasteiger partial charge on any atom is -0.387 e. The molecule has 3 atom stereocenters. The average Bonchev–Trinajstić information content (AvgIpc) is 2.75. The second-order valence-corrected chi connectivity index (χ2v) is 9.47. The number of amides is 4. The second-order valence-electron chi connectivity index (χ2n) is 9.47. The number of nitrogens with zero attached hydrogens (tertiary/aromatic N) is 3. The van der Waals surface area contributed by atoms with Gasteiger partial charge in [0.25, 0.3) is 0 Å². The summed E-state index contributed by atoms with van der Waals surface area (Å²) >= 11 is 0. The normalized spacial score (nSPS) is 31.2. The molecule has 32 heavy (non-hydrogen) atoms. The van der Waals surface area contributed by atoms with Gasteiger partial charge in [-0.15, -0.1) is 0 Å². The summed E-state index contributed by atoms with van der Waals surface area (Å²) in [5.74, 6) is -0.810. The highest BCUT2D eigenvalue weighted by Crippen LogP contribution is 2.55. The number of primary amides is 1. The van der Waals surface area contributed by atoms with Gasteiger partial charge in [-0.2, -0.15) is 0 Å². The van der Waals surface area contributed by atoms with Crippen LogP contribution in [0.15, 0.2) is 18.2 Å². The fourth-order valence-electron chi connectivity index (χ4n) is 6.29. The summed E-state index contributed by atoms with van der Waals surface area (Å²) in [7, 11) is 2.02. The molecule has 0 spiro atoms. The maximum atomic E-state index is 13.6. The first-order chi connectivity index (χ1) is 15.2. The van der Waals surface area contributed by atoms with Crippen molar-refractivity contribution in [1.29, 1.82) is 0 Å². The summed E-state index contributed by atoms with van der Waals surface area (Å²) in [5.41, 5.74) is 5.80. The third-order valence-electron chi connectivity index (χ3n) is 8.07. The molecule has 0 radical (unpaired) electrons. The molecule has 2 aliphatic heterocycles. The number of aliphatic hydroxyl groups is 1. The van der Waals surface area contributed by atoms with E-state index in [4.69, 9.17) is 5.73 Å². The van der Waals surface area contributed by atoms with Gasteiger partial charge in [0, 0.05) is 43.1 Å². The van der Waals surface area contributed by atoms with E-state index in [1.807, 2.05) is 20.0 Å². The molecule has 0 saturated carbocycles. The molecular weight excluding hydrogens is 408 g/mol. The number of carbonyl (C=O) groups is 3. The molecule has 2 fully saturated rings. The number of piperidine rings is 1. The van der Waals surface area contributed by atoms with Crippen LogP contribution in [0.1, 0.15) is 61.0 Å². The lowest BCUT2D eigenvalue weighted by molar-refractivity contribution is -0.161. The van der Waals surface area contributed by atoms with Crippen molar-refractivity contribution in [3.8, 4) is 0 Å². The van der Waals surface area contributed by atoms with E-state index in [2.05, 4.69) is 4.90 Å². The zero-order valence-electron chi connectivity index (χ0n) is 19.3. The summed E-state index contributed by atoms with van der Waals surface area (Å²) in [4.78, 5) is 43.8.